The average molecular weight is 234 g/mol. The molecule has 1 heteroatoms. The van der Waals surface area contributed by atoms with Crippen LogP contribution < -0.4 is 0 Å². The minimum atomic E-state index is 0.0871. The van der Waals surface area contributed by atoms with E-state index in [0.717, 1.165) is 19.3 Å². The first kappa shape index (κ1) is 14.2. The quantitative estimate of drug-likeness (QED) is 0.752. The smallest absolute Gasteiger partial charge is 0.0490 e. The van der Waals surface area contributed by atoms with E-state index in [1.807, 2.05) is 0 Å². The monoisotopic (exact) mass is 234 g/mol. The summed E-state index contributed by atoms with van der Waals surface area (Å²) in [7, 11) is 0. The Labute approximate surface area is 106 Å². The lowest BCUT2D eigenvalue weighted by molar-refractivity contribution is 0.107. The van der Waals surface area contributed by atoms with E-state index in [9.17, 15) is 5.11 Å². The lowest BCUT2D eigenvalue weighted by Crippen LogP contribution is -2.27. The van der Waals surface area contributed by atoms with Crippen molar-refractivity contribution in [3.8, 4) is 0 Å². The van der Waals surface area contributed by atoms with Crippen molar-refractivity contribution in [3.05, 3.63) is 35.4 Å². The van der Waals surface area contributed by atoms with Crippen LogP contribution in [0.25, 0.3) is 0 Å². The number of unbranched alkanes of at least 4 members (excludes halogenated alkanes) is 1. The Morgan fingerprint density at radius 2 is 2.00 bits per heavy atom. The van der Waals surface area contributed by atoms with Crippen LogP contribution in [0.3, 0.4) is 0 Å². The fourth-order valence-electron chi connectivity index (χ4n) is 2.44. The van der Waals surface area contributed by atoms with Gasteiger partial charge in [-0.25, -0.2) is 0 Å². The molecule has 0 saturated heterocycles. The van der Waals surface area contributed by atoms with Gasteiger partial charge in [-0.1, -0.05) is 56.5 Å². The van der Waals surface area contributed by atoms with Crippen molar-refractivity contribution in [1.82, 2.24) is 0 Å². The Morgan fingerprint density at radius 1 is 1.24 bits per heavy atom. The van der Waals surface area contributed by atoms with Crippen LogP contribution in [0.4, 0.5) is 0 Å². The summed E-state index contributed by atoms with van der Waals surface area (Å²) in [4.78, 5) is 0. The molecule has 1 aromatic rings. The molecule has 0 saturated carbocycles. The zero-order valence-electron chi connectivity index (χ0n) is 11.5. The zero-order chi connectivity index (χ0) is 12.7. The normalized spacial score (nSPS) is 14.6. The second kappa shape index (κ2) is 6.80. The summed E-state index contributed by atoms with van der Waals surface area (Å²) in [5, 5.41) is 9.73. The van der Waals surface area contributed by atoms with Crippen molar-refractivity contribution in [2.75, 3.05) is 6.61 Å². The molecular formula is C16H26O. The molecule has 1 N–H and O–H groups in total. The van der Waals surface area contributed by atoms with Crippen LogP contribution in [0.2, 0.25) is 0 Å². The van der Waals surface area contributed by atoms with Gasteiger partial charge in [0.25, 0.3) is 0 Å². The SMILES string of the molecule is CCCCC(CC)(CO)Cc1cccc(C)c1. The first-order chi connectivity index (χ1) is 8.15. The van der Waals surface area contributed by atoms with E-state index in [-0.39, 0.29) is 5.41 Å². The molecule has 0 aromatic heterocycles. The molecular weight excluding hydrogens is 208 g/mol. The molecule has 1 aromatic carbocycles. The maximum atomic E-state index is 9.73. The highest BCUT2D eigenvalue weighted by molar-refractivity contribution is 5.23. The van der Waals surface area contributed by atoms with E-state index < -0.39 is 0 Å². The molecule has 1 rings (SSSR count). The third kappa shape index (κ3) is 4.16. The van der Waals surface area contributed by atoms with Gasteiger partial charge in [-0.2, -0.15) is 0 Å². The fourth-order valence-corrected chi connectivity index (χ4v) is 2.44. The third-order valence-electron chi connectivity index (χ3n) is 3.81. The van der Waals surface area contributed by atoms with Gasteiger partial charge in [0, 0.05) is 6.61 Å². The van der Waals surface area contributed by atoms with Crippen molar-refractivity contribution in [3.63, 3.8) is 0 Å². The molecule has 0 aliphatic rings. The number of benzene rings is 1. The highest BCUT2D eigenvalue weighted by atomic mass is 16.3. The number of hydrogen-bond donors (Lipinski definition) is 1. The number of hydrogen-bond acceptors (Lipinski definition) is 1. The molecule has 0 bridgehead atoms. The van der Waals surface area contributed by atoms with Crippen LogP contribution in [0.1, 0.15) is 50.7 Å². The molecule has 0 radical (unpaired) electrons. The molecule has 96 valence electrons. The number of aryl methyl sites for hydroxylation is 1. The Hall–Kier alpha value is -0.820. The van der Waals surface area contributed by atoms with Gasteiger partial charge >= 0.3 is 0 Å². The largest absolute Gasteiger partial charge is 0.396 e. The summed E-state index contributed by atoms with van der Waals surface area (Å²) >= 11 is 0. The molecule has 0 heterocycles. The van der Waals surface area contributed by atoms with Gasteiger partial charge in [0.05, 0.1) is 0 Å². The van der Waals surface area contributed by atoms with Gasteiger partial charge < -0.3 is 5.11 Å². The van der Waals surface area contributed by atoms with Gasteiger partial charge in [-0.3, -0.25) is 0 Å². The molecule has 0 aliphatic heterocycles. The minimum absolute atomic E-state index is 0.0871. The van der Waals surface area contributed by atoms with Gasteiger partial charge in [0.2, 0.25) is 0 Å². The summed E-state index contributed by atoms with van der Waals surface area (Å²) in [6.45, 7) is 6.84. The van der Waals surface area contributed by atoms with E-state index >= 15 is 0 Å². The lowest BCUT2D eigenvalue weighted by Gasteiger charge is -2.31. The Balaban J connectivity index is 2.78. The lowest BCUT2D eigenvalue weighted by atomic mass is 9.76. The Bertz CT molecular complexity index is 326. The van der Waals surface area contributed by atoms with E-state index in [1.54, 1.807) is 0 Å². The van der Waals surface area contributed by atoms with Crippen LogP contribution in [0, 0.1) is 12.3 Å². The zero-order valence-corrected chi connectivity index (χ0v) is 11.5. The van der Waals surface area contributed by atoms with Crippen molar-refractivity contribution >= 4 is 0 Å². The Morgan fingerprint density at radius 3 is 2.53 bits per heavy atom. The van der Waals surface area contributed by atoms with E-state index in [1.165, 1.54) is 24.0 Å². The third-order valence-corrected chi connectivity index (χ3v) is 3.81. The minimum Gasteiger partial charge on any atom is -0.396 e. The molecule has 1 unspecified atom stereocenters. The summed E-state index contributed by atoms with van der Waals surface area (Å²) in [5.41, 5.74) is 2.75. The van der Waals surface area contributed by atoms with E-state index in [2.05, 4.69) is 45.0 Å². The average Bonchev–Trinajstić information content (AvgIpc) is 2.35. The van der Waals surface area contributed by atoms with Gasteiger partial charge in [-0.05, 0) is 37.2 Å². The Kier molecular flexibility index (Phi) is 5.70. The van der Waals surface area contributed by atoms with Gasteiger partial charge in [0.15, 0.2) is 0 Å². The summed E-state index contributed by atoms with van der Waals surface area (Å²) < 4.78 is 0. The van der Waals surface area contributed by atoms with Crippen LogP contribution in [-0.2, 0) is 6.42 Å². The summed E-state index contributed by atoms with van der Waals surface area (Å²) in [5.74, 6) is 0. The predicted molar refractivity (Wildman–Crippen MR) is 74.2 cm³/mol. The van der Waals surface area contributed by atoms with Crippen LogP contribution in [-0.4, -0.2) is 11.7 Å². The maximum Gasteiger partial charge on any atom is 0.0490 e. The predicted octanol–water partition coefficient (Wildman–Crippen LogP) is 4.12. The number of aliphatic hydroxyl groups excluding tert-OH is 1. The molecule has 0 aliphatic carbocycles. The summed E-state index contributed by atoms with van der Waals surface area (Å²) in [6.07, 6.45) is 5.60. The second-order valence-corrected chi connectivity index (χ2v) is 5.28. The van der Waals surface area contributed by atoms with Gasteiger partial charge in [-0.15, -0.1) is 0 Å². The number of rotatable bonds is 7. The first-order valence-corrected chi connectivity index (χ1v) is 6.82. The molecule has 1 nitrogen and oxygen atoms in total. The van der Waals surface area contributed by atoms with Crippen molar-refractivity contribution in [2.45, 2.75) is 52.9 Å². The number of aliphatic hydroxyl groups is 1. The van der Waals surface area contributed by atoms with Crippen LogP contribution >= 0.6 is 0 Å². The maximum absolute atomic E-state index is 9.73. The second-order valence-electron chi connectivity index (χ2n) is 5.28. The first-order valence-electron chi connectivity index (χ1n) is 6.82. The topological polar surface area (TPSA) is 20.2 Å². The summed E-state index contributed by atoms with van der Waals surface area (Å²) in [6, 6.07) is 8.66. The van der Waals surface area contributed by atoms with E-state index in [4.69, 9.17) is 0 Å². The van der Waals surface area contributed by atoms with Crippen molar-refractivity contribution < 1.29 is 5.11 Å². The van der Waals surface area contributed by atoms with E-state index in [0.29, 0.717) is 6.61 Å². The molecule has 17 heavy (non-hydrogen) atoms. The van der Waals surface area contributed by atoms with Crippen LogP contribution in [0.15, 0.2) is 24.3 Å². The van der Waals surface area contributed by atoms with Crippen LogP contribution in [0.5, 0.6) is 0 Å². The standard InChI is InChI=1S/C16H26O/c1-4-6-10-16(5-2,13-17)12-15-9-7-8-14(3)11-15/h7-9,11,17H,4-6,10,12-13H2,1-3H3. The molecule has 0 amide bonds. The van der Waals surface area contributed by atoms with Gasteiger partial charge in [0.1, 0.15) is 0 Å². The van der Waals surface area contributed by atoms with Crippen molar-refractivity contribution in [2.24, 2.45) is 5.41 Å². The fraction of sp³-hybridized carbons (Fsp3) is 0.625. The molecule has 1 atom stereocenters. The molecule has 0 fully saturated rings. The molecule has 0 spiro atoms. The van der Waals surface area contributed by atoms with Crippen molar-refractivity contribution in [1.29, 1.82) is 0 Å². The highest BCUT2D eigenvalue weighted by Crippen LogP contribution is 2.32. The highest BCUT2D eigenvalue weighted by Gasteiger charge is 2.26.